The van der Waals surface area contributed by atoms with Gasteiger partial charge in [0, 0.05) is 5.69 Å². The van der Waals surface area contributed by atoms with Gasteiger partial charge in [0.05, 0.1) is 0 Å². The van der Waals surface area contributed by atoms with Gasteiger partial charge in [-0.25, -0.2) is 0 Å². The van der Waals surface area contributed by atoms with Crippen LogP contribution in [0, 0.1) is 6.92 Å². The molecule has 66 valence electrons. The quantitative estimate of drug-likeness (QED) is 0.666. The second kappa shape index (κ2) is 3.61. The van der Waals surface area contributed by atoms with E-state index in [1.54, 1.807) is 0 Å². The fourth-order valence-electron chi connectivity index (χ4n) is 1.34. The van der Waals surface area contributed by atoms with Crippen molar-refractivity contribution in [2.75, 3.05) is 5.73 Å². The molecule has 0 aromatic heterocycles. The topological polar surface area (TPSA) is 26.0 Å². The lowest BCUT2D eigenvalue weighted by Crippen LogP contribution is -1.98. The minimum Gasteiger partial charge on any atom is -0.398 e. The standard InChI is InChI=1S/C11H17N/c1-4-9(3)10-7-8(2)5-6-11(10)12/h5-7,9H,4,12H2,1-3H3. The average Bonchev–Trinajstić information content (AvgIpc) is 2.08. The molecular formula is C11H17N. The Hall–Kier alpha value is -0.980. The molecule has 1 rings (SSSR count). The molecule has 1 nitrogen and oxygen atoms in total. The summed E-state index contributed by atoms with van der Waals surface area (Å²) >= 11 is 0. The van der Waals surface area contributed by atoms with Gasteiger partial charge in [0.15, 0.2) is 0 Å². The third-order valence-electron chi connectivity index (χ3n) is 2.39. The summed E-state index contributed by atoms with van der Waals surface area (Å²) in [5, 5.41) is 0. The van der Waals surface area contributed by atoms with Gasteiger partial charge in [0.2, 0.25) is 0 Å². The summed E-state index contributed by atoms with van der Waals surface area (Å²) in [7, 11) is 0. The summed E-state index contributed by atoms with van der Waals surface area (Å²) in [6, 6.07) is 6.24. The van der Waals surface area contributed by atoms with Crippen LogP contribution in [0.2, 0.25) is 0 Å². The molecule has 0 radical (unpaired) electrons. The Morgan fingerprint density at radius 3 is 2.67 bits per heavy atom. The van der Waals surface area contributed by atoms with E-state index in [2.05, 4.69) is 32.9 Å². The third-order valence-corrected chi connectivity index (χ3v) is 2.39. The number of rotatable bonds is 2. The van der Waals surface area contributed by atoms with Gasteiger partial charge in [0.1, 0.15) is 0 Å². The number of benzene rings is 1. The predicted molar refractivity (Wildman–Crippen MR) is 54.3 cm³/mol. The van der Waals surface area contributed by atoms with Crippen molar-refractivity contribution in [1.29, 1.82) is 0 Å². The van der Waals surface area contributed by atoms with Gasteiger partial charge >= 0.3 is 0 Å². The minimum absolute atomic E-state index is 0.574. The number of aryl methyl sites for hydroxylation is 1. The Kier molecular flexibility index (Phi) is 2.74. The van der Waals surface area contributed by atoms with Crippen LogP contribution < -0.4 is 5.73 Å². The maximum absolute atomic E-state index is 5.87. The lowest BCUT2D eigenvalue weighted by Gasteiger charge is -2.12. The summed E-state index contributed by atoms with van der Waals surface area (Å²) in [4.78, 5) is 0. The van der Waals surface area contributed by atoms with Crippen LogP contribution in [0.5, 0.6) is 0 Å². The van der Waals surface area contributed by atoms with Crippen molar-refractivity contribution in [2.45, 2.75) is 33.1 Å². The van der Waals surface area contributed by atoms with Gasteiger partial charge in [-0.2, -0.15) is 0 Å². The molecule has 0 spiro atoms. The highest BCUT2D eigenvalue weighted by molar-refractivity contribution is 5.50. The Bertz CT molecular complexity index is 266. The first-order valence-corrected chi connectivity index (χ1v) is 4.51. The van der Waals surface area contributed by atoms with E-state index < -0.39 is 0 Å². The van der Waals surface area contributed by atoms with Crippen molar-refractivity contribution in [3.8, 4) is 0 Å². The van der Waals surface area contributed by atoms with Crippen LogP contribution in [0.15, 0.2) is 18.2 Å². The van der Waals surface area contributed by atoms with E-state index in [0.29, 0.717) is 5.92 Å². The summed E-state index contributed by atoms with van der Waals surface area (Å²) in [5.41, 5.74) is 9.37. The molecule has 2 N–H and O–H groups in total. The van der Waals surface area contributed by atoms with Crippen LogP contribution in [-0.4, -0.2) is 0 Å². The van der Waals surface area contributed by atoms with Crippen molar-refractivity contribution in [3.05, 3.63) is 29.3 Å². The van der Waals surface area contributed by atoms with Crippen LogP contribution in [-0.2, 0) is 0 Å². The van der Waals surface area contributed by atoms with E-state index in [9.17, 15) is 0 Å². The first-order valence-electron chi connectivity index (χ1n) is 4.51. The Morgan fingerprint density at radius 1 is 1.42 bits per heavy atom. The van der Waals surface area contributed by atoms with E-state index in [0.717, 1.165) is 12.1 Å². The Morgan fingerprint density at radius 2 is 2.08 bits per heavy atom. The zero-order valence-corrected chi connectivity index (χ0v) is 8.09. The molecule has 0 saturated carbocycles. The van der Waals surface area contributed by atoms with Gasteiger partial charge in [-0.15, -0.1) is 0 Å². The number of nitrogens with two attached hydrogens (primary N) is 1. The van der Waals surface area contributed by atoms with Crippen molar-refractivity contribution in [2.24, 2.45) is 0 Å². The Balaban J connectivity index is 3.04. The molecule has 0 aliphatic rings. The maximum Gasteiger partial charge on any atom is 0.0349 e. The number of hydrogen-bond acceptors (Lipinski definition) is 1. The summed E-state index contributed by atoms with van der Waals surface area (Å²) < 4.78 is 0. The predicted octanol–water partition coefficient (Wildman–Crippen LogP) is 3.09. The first kappa shape index (κ1) is 9.11. The molecule has 12 heavy (non-hydrogen) atoms. The zero-order chi connectivity index (χ0) is 9.14. The van der Waals surface area contributed by atoms with Crippen LogP contribution in [0.4, 0.5) is 5.69 Å². The minimum atomic E-state index is 0.574. The fraction of sp³-hybridized carbons (Fsp3) is 0.455. The van der Waals surface area contributed by atoms with Gasteiger partial charge in [0.25, 0.3) is 0 Å². The van der Waals surface area contributed by atoms with Crippen LogP contribution >= 0.6 is 0 Å². The summed E-state index contributed by atoms with van der Waals surface area (Å²) in [5.74, 6) is 0.574. The van der Waals surface area contributed by atoms with Crippen LogP contribution in [0.3, 0.4) is 0 Å². The Labute approximate surface area is 74.6 Å². The number of hydrogen-bond donors (Lipinski definition) is 1. The monoisotopic (exact) mass is 163 g/mol. The lowest BCUT2D eigenvalue weighted by atomic mass is 9.95. The van der Waals surface area contributed by atoms with Gasteiger partial charge < -0.3 is 5.73 Å². The van der Waals surface area contributed by atoms with Gasteiger partial charge in [-0.1, -0.05) is 31.5 Å². The van der Waals surface area contributed by atoms with Crippen LogP contribution in [0.25, 0.3) is 0 Å². The zero-order valence-electron chi connectivity index (χ0n) is 8.09. The van der Waals surface area contributed by atoms with Crippen molar-refractivity contribution >= 4 is 5.69 Å². The SMILES string of the molecule is CCC(C)c1cc(C)ccc1N. The van der Waals surface area contributed by atoms with Gasteiger partial charge in [-0.05, 0) is 30.9 Å². The van der Waals surface area contributed by atoms with Crippen molar-refractivity contribution < 1.29 is 0 Å². The van der Waals surface area contributed by atoms with E-state index in [-0.39, 0.29) is 0 Å². The highest BCUT2D eigenvalue weighted by Gasteiger charge is 2.06. The molecule has 1 atom stereocenters. The van der Waals surface area contributed by atoms with E-state index in [1.807, 2.05) is 6.07 Å². The maximum atomic E-state index is 5.87. The third kappa shape index (κ3) is 1.79. The molecule has 0 saturated heterocycles. The molecule has 1 aromatic carbocycles. The number of anilines is 1. The highest BCUT2D eigenvalue weighted by Crippen LogP contribution is 2.25. The lowest BCUT2D eigenvalue weighted by molar-refractivity contribution is 0.735. The van der Waals surface area contributed by atoms with Gasteiger partial charge in [-0.3, -0.25) is 0 Å². The molecule has 0 heterocycles. The first-order chi connectivity index (χ1) is 5.65. The second-order valence-electron chi connectivity index (χ2n) is 3.44. The fourth-order valence-corrected chi connectivity index (χ4v) is 1.34. The van der Waals surface area contributed by atoms with Crippen molar-refractivity contribution in [3.63, 3.8) is 0 Å². The van der Waals surface area contributed by atoms with E-state index >= 15 is 0 Å². The largest absolute Gasteiger partial charge is 0.398 e. The molecule has 1 heteroatoms. The normalized spacial score (nSPS) is 12.9. The van der Waals surface area contributed by atoms with Crippen LogP contribution in [0.1, 0.15) is 37.3 Å². The smallest absolute Gasteiger partial charge is 0.0349 e. The average molecular weight is 163 g/mol. The second-order valence-corrected chi connectivity index (χ2v) is 3.44. The van der Waals surface area contributed by atoms with E-state index in [4.69, 9.17) is 5.73 Å². The molecule has 0 aliphatic carbocycles. The molecular weight excluding hydrogens is 146 g/mol. The molecule has 0 fully saturated rings. The summed E-state index contributed by atoms with van der Waals surface area (Å²) in [6.45, 7) is 6.50. The molecule has 1 unspecified atom stereocenters. The summed E-state index contributed by atoms with van der Waals surface area (Å²) in [6.07, 6.45) is 1.15. The van der Waals surface area contributed by atoms with E-state index in [1.165, 1.54) is 11.1 Å². The molecule has 0 amide bonds. The molecule has 1 aromatic rings. The highest BCUT2D eigenvalue weighted by atomic mass is 14.6. The molecule has 0 aliphatic heterocycles. The molecule has 0 bridgehead atoms. The van der Waals surface area contributed by atoms with Crippen molar-refractivity contribution in [1.82, 2.24) is 0 Å². The number of nitrogen functional groups attached to an aromatic ring is 1.